The average molecular weight is 310 g/mol. The number of hydrogen-bond donors (Lipinski definition) is 1. The molecule has 2 fully saturated rings. The summed E-state index contributed by atoms with van der Waals surface area (Å²) in [5.74, 6) is -0.375. The Balaban J connectivity index is 1.67. The first-order valence-electron chi connectivity index (χ1n) is 7.48. The topological polar surface area (TPSA) is 61.6 Å². The first kappa shape index (κ1) is 14.7. The van der Waals surface area contributed by atoms with Crippen molar-refractivity contribution in [3.63, 3.8) is 0 Å². The number of carbonyl (C=O) groups is 1. The maximum atomic E-state index is 12.3. The Hall–Kier alpha value is -1.26. The molecule has 0 bridgehead atoms. The lowest BCUT2D eigenvalue weighted by Gasteiger charge is -2.37. The molecule has 1 unspecified atom stereocenters. The van der Waals surface area contributed by atoms with Gasteiger partial charge >= 0.3 is 5.97 Å². The van der Waals surface area contributed by atoms with Crippen LogP contribution >= 0.6 is 11.6 Å². The van der Waals surface area contributed by atoms with E-state index in [1.807, 2.05) is 0 Å². The molecule has 1 saturated carbocycles. The predicted octanol–water partition coefficient (Wildman–Crippen LogP) is 3.57. The molecule has 3 rings (SSSR count). The van der Waals surface area contributed by atoms with Crippen molar-refractivity contribution in [2.75, 3.05) is 12.3 Å². The van der Waals surface area contributed by atoms with E-state index in [0.717, 1.165) is 25.7 Å². The number of halogens is 1. The molecule has 5 heteroatoms. The van der Waals surface area contributed by atoms with E-state index in [9.17, 15) is 4.79 Å². The van der Waals surface area contributed by atoms with E-state index in [2.05, 4.69) is 0 Å². The van der Waals surface area contributed by atoms with Gasteiger partial charge in [-0.3, -0.25) is 0 Å². The summed E-state index contributed by atoms with van der Waals surface area (Å²) in [6.45, 7) is 0.660. The summed E-state index contributed by atoms with van der Waals surface area (Å²) in [5.41, 5.74) is 6.48. The molecule has 1 aliphatic carbocycles. The Morgan fingerprint density at radius 3 is 2.86 bits per heavy atom. The summed E-state index contributed by atoms with van der Waals surface area (Å²) in [4.78, 5) is 12.3. The third-order valence-electron chi connectivity index (χ3n) is 4.45. The Bertz CT molecular complexity index is 540. The van der Waals surface area contributed by atoms with Crippen LogP contribution in [-0.4, -0.2) is 24.3 Å². The SMILES string of the molecule is Nc1ccc(C(=O)OC2CCOC3(CCCC3)C2)c(Cl)c1. The third kappa shape index (κ3) is 3.16. The van der Waals surface area contributed by atoms with Crippen LogP contribution in [0.5, 0.6) is 0 Å². The molecule has 0 radical (unpaired) electrons. The first-order valence-corrected chi connectivity index (χ1v) is 7.86. The molecule has 1 heterocycles. The minimum atomic E-state index is -0.375. The van der Waals surface area contributed by atoms with Crippen LogP contribution in [0.1, 0.15) is 48.9 Å². The molecule has 114 valence electrons. The normalized spacial score (nSPS) is 24.1. The van der Waals surface area contributed by atoms with Crippen molar-refractivity contribution in [3.8, 4) is 0 Å². The highest BCUT2D eigenvalue weighted by Crippen LogP contribution is 2.41. The quantitative estimate of drug-likeness (QED) is 0.670. The minimum absolute atomic E-state index is 0.0614. The van der Waals surface area contributed by atoms with E-state index in [-0.39, 0.29) is 17.7 Å². The van der Waals surface area contributed by atoms with Crippen molar-refractivity contribution >= 4 is 23.3 Å². The average Bonchev–Trinajstić information content (AvgIpc) is 2.86. The molecule has 1 aromatic rings. The maximum Gasteiger partial charge on any atom is 0.339 e. The Labute approximate surface area is 129 Å². The van der Waals surface area contributed by atoms with Gasteiger partial charge in [0.15, 0.2) is 0 Å². The second-order valence-electron chi connectivity index (χ2n) is 6.00. The van der Waals surface area contributed by atoms with Crippen LogP contribution in [0, 0.1) is 0 Å². The molecule has 1 aliphatic heterocycles. The molecular formula is C16H20ClNO3. The Morgan fingerprint density at radius 2 is 2.14 bits per heavy atom. The van der Waals surface area contributed by atoms with E-state index in [4.69, 9.17) is 26.8 Å². The molecule has 4 nitrogen and oxygen atoms in total. The highest BCUT2D eigenvalue weighted by atomic mass is 35.5. The molecule has 1 spiro atoms. The summed E-state index contributed by atoms with van der Waals surface area (Å²) in [5, 5.41) is 0.336. The third-order valence-corrected chi connectivity index (χ3v) is 4.76. The number of nitrogen functional groups attached to an aromatic ring is 1. The van der Waals surface area contributed by atoms with Crippen molar-refractivity contribution < 1.29 is 14.3 Å². The zero-order chi connectivity index (χ0) is 14.9. The van der Waals surface area contributed by atoms with Crippen molar-refractivity contribution in [1.29, 1.82) is 0 Å². The predicted molar refractivity (Wildman–Crippen MR) is 81.5 cm³/mol. The summed E-state index contributed by atoms with van der Waals surface area (Å²) in [6, 6.07) is 4.84. The van der Waals surface area contributed by atoms with Gasteiger partial charge < -0.3 is 15.2 Å². The van der Waals surface area contributed by atoms with Crippen LogP contribution in [-0.2, 0) is 9.47 Å². The fourth-order valence-corrected chi connectivity index (χ4v) is 3.63. The van der Waals surface area contributed by atoms with Crippen LogP contribution in [0.15, 0.2) is 18.2 Å². The van der Waals surface area contributed by atoms with Crippen LogP contribution < -0.4 is 5.73 Å². The number of esters is 1. The van der Waals surface area contributed by atoms with Gasteiger partial charge in [0.05, 0.1) is 22.8 Å². The molecule has 2 aliphatic rings. The molecular weight excluding hydrogens is 290 g/mol. The number of rotatable bonds is 2. The lowest BCUT2D eigenvalue weighted by Crippen LogP contribution is -2.41. The summed E-state index contributed by atoms with van der Waals surface area (Å²) >= 11 is 6.06. The lowest BCUT2D eigenvalue weighted by molar-refractivity contribution is -0.117. The summed E-state index contributed by atoms with van der Waals surface area (Å²) < 4.78 is 11.6. The monoisotopic (exact) mass is 309 g/mol. The van der Waals surface area contributed by atoms with Gasteiger partial charge in [0, 0.05) is 18.5 Å². The van der Waals surface area contributed by atoms with Crippen molar-refractivity contribution in [2.45, 2.75) is 50.2 Å². The zero-order valence-corrected chi connectivity index (χ0v) is 12.7. The fraction of sp³-hybridized carbons (Fsp3) is 0.562. The van der Waals surface area contributed by atoms with Gasteiger partial charge in [-0.05, 0) is 31.0 Å². The summed E-state index contributed by atoms with van der Waals surface area (Å²) in [7, 11) is 0. The maximum absolute atomic E-state index is 12.3. The van der Waals surface area contributed by atoms with Gasteiger partial charge in [0.1, 0.15) is 6.10 Å². The van der Waals surface area contributed by atoms with Crippen LogP contribution in [0.4, 0.5) is 5.69 Å². The molecule has 1 aromatic carbocycles. The van der Waals surface area contributed by atoms with Crippen LogP contribution in [0.2, 0.25) is 5.02 Å². The number of hydrogen-bond acceptors (Lipinski definition) is 4. The smallest absolute Gasteiger partial charge is 0.339 e. The number of anilines is 1. The van der Waals surface area contributed by atoms with Gasteiger partial charge in [-0.15, -0.1) is 0 Å². The molecule has 1 saturated heterocycles. The first-order chi connectivity index (χ1) is 10.1. The number of ether oxygens (including phenoxy) is 2. The lowest BCUT2D eigenvalue weighted by atomic mass is 9.90. The fourth-order valence-electron chi connectivity index (χ4n) is 3.36. The number of carbonyl (C=O) groups excluding carboxylic acids is 1. The van der Waals surface area contributed by atoms with Gasteiger partial charge in [-0.2, -0.15) is 0 Å². The molecule has 21 heavy (non-hydrogen) atoms. The zero-order valence-electron chi connectivity index (χ0n) is 11.9. The van der Waals surface area contributed by atoms with Crippen molar-refractivity contribution in [1.82, 2.24) is 0 Å². The van der Waals surface area contributed by atoms with Gasteiger partial charge in [0.25, 0.3) is 0 Å². The van der Waals surface area contributed by atoms with Gasteiger partial charge in [-0.25, -0.2) is 4.79 Å². The summed E-state index contributed by atoms with van der Waals surface area (Å²) in [6.07, 6.45) is 6.01. The number of nitrogens with two attached hydrogens (primary N) is 1. The second-order valence-corrected chi connectivity index (χ2v) is 6.41. The standard InChI is InChI=1S/C16H20ClNO3/c17-14-9-11(18)3-4-13(14)15(19)21-12-5-8-20-16(10-12)6-1-2-7-16/h3-4,9,12H,1-2,5-8,10,18H2. The van der Waals surface area contributed by atoms with Gasteiger partial charge in [-0.1, -0.05) is 24.4 Å². The van der Waals surface area contributed by atoms with Crippen molar-refractivity contribution in [2.24, 2.45) is 0 Å². The second kappa shape index (κ2) is 5.85. The molecule has 1 atom stereocenters. The Morgan fingerprint density at radius 1 is 1.38 bits per heavy atom. The van der Waals surface area contributed by atoms with E-state index in [1.165, 1.54) is 12.8 Å². The minimum Gasteiger partial charge on any atom is -0.459 e. The largest absolute Gasteiger partial charge is 0.459 e. The van der Waals surface area contributed by atoms with Gasteiger partial charge in [0.2, 0.25) is 0 Å². The van der Waals surface area contributed by atoms with E-state index in [1.54, 1.807) is 18.2 Å². The number of benzene rings is 1. The van der Waals surface area contributed by atoms with E-state index in [0.29, 0.717) is 22.9 Å². The van der Waals surface area contributed by atoms with Crippen LogP contribution in [0.25, 0.3) is 0 Å². The molecule has 0 aromatic heterocycles. The molecule has 2 N–H and O–H groups in total. The van der Waals surface area contributed by atoms with E-state index >= 15 is 0 Å². The van der Waals surface area contributed by atoms with E-state index < -0.39 is 0 Å². The Kier molecular flexibility index (Phi) is 4.09. The highest BCUT2D eigenvalue weighted by Gasteiger charge is 2.41. The highest BCUT2D eigenvalue weighted by molar-refractivity contribution is 6.33. The van der Waals surface area contributed by atoms with Crippen LogP contribution in [0.3, 0.4) is 0 Å². The molecule has 0 amide bonds. The van der Waals surface area contributed by atoms with Crippen molar-refractivity contribution in [3.05, 3.63) is 28.8 Å².